The maximum atomic E-state index is 13.2. The summed E-state index contributed by atoms with van der Waals surface area (Å²) in [6.45, 7) is 3.58. The Kier molecular flexibility index (Phi) is 4.35. The first-order chi connectivity index (χ1) is 12.1. The number of hydrogen-bond acceptors (Lipinski definition) is 5. The average molecular weight is 358 g/mol. The normalized spacial score (nSPS) is 18.2. The second-order valence-corrected chi connectivity index (χ2v) is 7.35. The summed E-state index contributed by atoms with van der Waals surface area (Å²) in [5.74, 6) is -0.217. The van der Waals surface area contributed by atoms with Gasteiger partial charge in [-0.25, -0.2) is 9.37 Å². The van der Waals surface area contributed by atoms with Gasteiger partial charge in [0.05, 0.1) is 5.69 Å². The van der Waals surface area contributed by atoms with Crippen LogP contribution < -0.4 is 5.56 Å². The zero-order valence-corrected chi connectivity index (χ0v) is 14.8. The van der Waals surface area contributed by atoms with Crippen LogP contribution >= 0.6 is 11.3 Å². The van der Waals surface area contributed by atoms with Gasteiger partial charge in [0.1, 0.15) is 10.8 Å². The van der Waals surface area contributed by atoms with Gasteiger partial charge in [0.25, 0.3) is 5.56 Å². The van der Waals surface area contributed by atoms with E-state index >= 15 is 0 Å². The van der Waals surface area contributed by atoms with Gasteiger partial charge in [0, 0.05) is 18.7 Å². The lowest BCUT2D eigenvalue weighted by Gasteiger charge is -2.24. The van der Waals surface area contributed by atoms with Crippen LogP contribution in [0.2, 0.25) is 0 Å². The van der Waals surface area contributed by atoms with Crippen molar-refractivity contribution in [3.8, 4) is 0 Å². The van der Waals surface area contributed by atoms with Gasteiger partial charge < -0.3 is 0 Å². The van der Waals surface area contributed by atoms with Gasteiger partial charge in [-0.05, 0) is 43.5 Å². The summed E-state index contributed by atoms with van der Waals surface area (Å²) in [6.07, 6.45) is 2.92. The predicted octanol–water partition coefficient (Wildman–Crippen LogP) is 3.19. The van der Waals surface area contributed by atoms with Crippen molar-refractivity contribution in [1.29, 1.82) is 0 Å². The first-order valence-corrected chi connectivity index (χ1v) is 9.34. The van der Waals surface area contributed by atoms with Crippen LogP contribution in [0.15, 0.2) is 35.1 Å². The molecule has 1 atom stereocenters. The molecule has 0 aliphatic carbocycles. The molecule has 0 amide bonds. The molecule has 3 aromatic rings. The molecule has 1 aliphatic heterocycles. The fourth-order valence-electron chi connectivity index (χ4n) is 3.41. The van der Waals surface area contributed by atoms with Crippen molar-refractivity contribution in [2.75, 3.05) is 6.54 Å². The fraction of sp³-hybridized carbons (Fsp3) is 0.389. The van der Waals surface area contributed by atoms with Gasteiger partial charge in [-0.15, -0.1) is 0 Å². The lowest BCUT2D eigenvalue weighted by atomic mass is 10.0. The molecular weight excluding hydrogens is 339 g/mol. The fourth-order valence-corrected chi connectivity index (χ4v) is 4.26. The van der Waals surface area contributed by atoms with Crippen molar-refractivity contribution in [2.24, 2.45) is 0 Å². The smallest absolute Gasteiger partial charge is 0.275 e. The van der Waals surface area contributed by atoms with Gasteiger partial charge in [0.15, 0.2) is 0 Å². The number of aromatic nitrogens is 3. The van der Waals surface area contributed by atoms with Crippen molar-refractivity contribution in [3.05, 3.63) is 62.8 Å². The van der Waals surface area contributed by atoms with Crippen LogP contribution in [-0.2, 0) is 13.0 Å². The molecule has 3 heterocycles. The maximum Gasteiger partial charge on any atom is 0.275 e. The minimum Gasteiger partial charge on any atom is -0.291 e. The highest BCUT2D eigenvalue weighted by Crippen LogP contribution is 2.32. The second-order valence-electron chi connectivity index (χ2n) is 6.31. The number of halogens is 1. The van der Waals surface area contributed by atoms with Crippen LogP contribution in [0.3, 0.4) is 0 Å². The molecule has 7 heteroatoms. The molecule has 5 nitrogen and oxygen atoms in total. The largest absolute Gasteiger partial charge is 0.291 e. The van der Waals surface area contributed by atoms with Crippen molar-refractivity contribution in [2.45, 2.75) is 38.8 Å². The predicted molar refractivity (Wildman–Crippen MR) is 95.3 cm³/mol. The van der Waals surface area contributed by atoms with Gasteiger partial charge in [-0.2, -0.15) is 9.61 Å². The Morgan fingerprint density at radius 2 is 2.12 bits per heavy atom. The minimum absolute atomic E-state index is 0.131. The summed E-state index contributed by atoms with van der Waals surface area (Å²) in [5.41, 5.74) is 1.75. The third-order valence-electron chi connectivity index (χ3n) is 4.63. The third-order valence-corrected chi connectivity index (χ3v) is 5.68. The van der Waals surface area contributed by atoms with E-state index in [1.165, 1.54) is 28.0 Å². The molecule has 1 fully saturated rings. The molecule has 2 aromatic heterocycles. The summed E-state index contributed by atoms with van der Waals surface area (Å²) in [4.78, 5) is 19.9. The molecule has 0 N–H and O–H groups in total. The van der Waals surface area contributed by atoms with Gasteiger partial charge in [-0.3, -0.25) is 9.69 Å². The van der Waals surface area contributed by atoms with E-state index in [2.05, 4.69) is 15.0 Å². The van der Waals surface area contributed by atoms with E-state index in [1.807, 2.05) is 19.1 Å². The van der Waals surface area contributed by atoms with Crippen LogP contribution in [0.4, 0.5) is 4.39 Å². The Hall–Kier alpha value is -2.12. The summed E-state index contributed by atoms with van der Waals surface area (Å²) in [5, 5.41) is 5.19. The molecule has 0 unspecified atom stereocenters. The second kappa shape index (κ2) is 6.65. The summed E-state index contributed by atoms with van der Waals surface area (Å²) in [6, 6.07) is 8.53. The van der Waals surface area contributed by atoms with E-state index in [4.69, 9.17) is 0 Å². The lowest BCUT2D eigenvalue weighted by Crippen LogP contribution is -2.25. The Morgan fingerprint density at radius 1 is 1.32 bits per heavy atom. The maximum absolute atomic E-state index is 13.2. The number of hydrogen-bond donors (Lipinski definition) is 0. The van der Waals surface area contributed by atoms with Gasteiger partial charge in [0.2, 0.25) is 4.96 Å². The number of benzene rings is 1. The molecule has 1 saturated heterocycles. The topological polar surface area (TPSA) is 50.5 Å². The monoisotopic (exact) mass is 358 g/mol. The highest BCUT2D eigenvalue weighted by Gasteiger charge is 2.26. The summed E-state index contributed by atoms with van der Waals surface area (Å²) in [7, 11) is 0. The Bertz CT molecular complexity index is 950. The van der Waals surface area contributed by atoms with E-state index in [-0.39, 0.29) is 17.4 Å². The molecule has 0 spiro atoms. The van der Waals surface area contributed by atoms with E-state index in [1.54, 1.807) is 6.07 Å². The zero-order chi connectivity index (χ0) is 17.4. The van der Waals surface area contributed by atoms with Crippen molar-refractivity contribution < 1.29 is 4.39 Å². The van der Waals surface area contributed by atoms with Crippen molar-refractivity contribution in [1.82, 2.24) is 19.5 Å². The van der Waals surface area contributed by atoms with Crippen molar-refractivity contribution >= 4 is 16.3 Å². The van der Waals surface area contributed by atoms with Crippen molar-refractivity contribution in [3.63, 3.8) is 0 Å². The Labute approximate surface area is 148 Å². The Morgan fingerprint density at radius 3 is 2.88 bits per heavy atom. The molecule has 0 bridgehead atoms. The molecular formula is C18H19FN4OS. The number of fused-ring (bicyclic) bond motifs is 1. The molecule has 130 valence electrons. The van der Waals surface area contributed by atoms with Gasteiger partial charge in [-0.1, -0.05) is 30.4 Å². The van der Waals surface area contributed by atoms with E-state index in [9.17, 15) is 9.18 Å². The van der Waals surface area contributed by atoms with Gasteiger partial charge >= 0.3 is 0 Å². The number of likely N-dealkylation sites (tertiary alicyclic amines) is 1. The molecule has 1 aliphatic rings. The van der Waals surface area contributed by atoms with Crippen LogP contribution in [-0.4, -0.2) is 26.0 Å². The number of nitrogens with zero attached hydrogens (tertiary/aromatic N) is 4. The molecule has 0 saturated carbocycles. The third kappa shape index (κ3) is 3.21. The van der Waals surface area contributed by atoms with E-state index in [0.29, 0.717) is 11.5 Å². The SMILES string of the molecule is CCc1nn2c(=O)cc(CN3CCC[C@H]3c3ccc(F)cc3)nc2s1. The molecule has 4 rings (SSSR count). The Balaban J connectivity index is 1.61. The molecule has 0 radical (unpaired) electrons. The van der Waals surface area contributed by atoms with Crippen LogP contribution in [0.5, 0.6) is 0 Å². The quantitative estimate of drug-likeness (QED) is 0.719. The van der Waals surface area contributed by atoms with Crippen LogP contribution in [0.25, 0.3) is 4.96 Å². The first kappa shape index (κ1) is 16.4. The first-order valence-electron chi connectivity index (χ1n) is 8.52. The zero-order valence-electron chi connectivity index (χ0n) is 14.0. The van der Waals surface area contributed by atoms with Crippen LogP contribution in [0, 0.1) is 5.82 Å². The molecule has 25 heavy (non-hydrogen) atoms. The highest BCUT2D eigenvalue weighted by molar-refractivity contribution is 7.16. The minimum atomic E-state index is -0.217. The average Bonchev–Trinajstić information content (AvgIpc) is 3.22. The molecule has 1 aromatic carbocycles. The lowest BCUT2D eigenvalue weighted by molar-refractivity contribution is 0.245. The number of rotatable bonds is 4. The summed E-state index contributed by atoms with van der Waals surface area (Å²) < 4.78 is 14.6. The number of aryl methyl sites for hydroxylation is 1. The standard InChI is InChI=1S/C18H19FN4OS/c1-2-16-21-23-17(24)10-14(20-18(23)25-16)11-22-9-3-4-15(22)12-5-7-13(19)8-6-12/h5-8,10,15H,2-4,9,11H2,1H3/t15-/m0/s1. The van der Waals surface area contributed by atoms with Crippen LogP contribution in [0.1, 0.15) is 42.1 Å². The van der Waals surface area contributed by atoms with E-state index < -0.39 is 0 Å². The highest BCUT2D eigenvalue weighted by atomic mass is 32.1. The summed E-state index contributed by atoms with van der Waals surface area (Å²) >= 11 is 1.46. The van der Waals surface area contributed by atoms with E-state index in [0.717, 1.165) is 42.1 Å².